The van der Waals surface area contributed by atoms with E-state index < -0.39 is 17.5 Å². The van der Waals surface area contributed by atoms with Crippen molar-refractivity contribution in [2.24, 2.45) is 0 Å². The lowest BCUT2D eigenvalue weighted by Crippen LogP contribution is -2.25. The smallest absolute Gasteiger partial charge is 0.338 e. The zero-order valence-corrected chi connectivity index (χ0v) is 12.8. The molecule has 1 aliphatic rings. The molecule has 114 valence electrons. The second-order valence-electron chi connectivity index (χ2n) is 5.02. The maximum Gasteiger partial charge on any atom is 0.338 e. The summed E-state index contributed by atoms with van der Waals surface area (Å²) in [6.45, 7) is 6.55. The normalized spacial score (nSPS) is 24.8. The summed E-state index contributed by atoms with van der Waals surface area (Å²) in [5, 5.41) is 10.1. The average Bonchev–Trinajstić information content (AvgIpc) is 2.80. The van der Waals surface area contributed by atoms with Crippen molar-refractivity contribution in [1.29, 1.82) is 0 Å². The van der Waals surface area contributed by atoms with Gasteiger partial charge in [-0.15, -0.1) is 18.3 Å². The van der Waals surface area contributed by atoms with Crippen LogP contribution in [0.2, 0.25) is 0 Å². The highest BCUT2D eigenvalue weighted by Gasteiger charge is 2.36. The molecule has 0 saturated carbocycles. The van der Waals surface area contributed by atoms with E-state index in [0.29, 0.717) is 25.2 Å². The fraction of sp³-hybridized carbons (Fsp3) is 0.438. The molecule has 1 aromatic rings. The third-order valence-electron chi connectivity index (χ3n) is 3.23. The molecule has 2 rings (SSSR count). The average molecular weight is 308 g/mol. The summed E-state index contributed by atoms with van der Waals surface area (Å²) >= 11 is 1.38. The molecule has 1 N–H and O–H groups in total. The Kier molecular flexibility index (Phi) is 5.85. The number of aryl methyl sites for hydroxylation is 1. The molecular formula is C16H20O4S. The molecule has 4 nitrogen and oxygen atoms in total. The topological polar surface area (TPSA) is 55.8 Å². The molecular weight excluding hydrogens is 288 g/mol. The standard InChI is InChI=1S/C16H20O4S/c1-3-8-19-10-13-9-14(16(18)21-13)20-15(17)12-6-4-11(2)5-7-12/h3-7,13-14,16,18H,1,8-10H2,2H3/t13-,14-,16?/m0/s1. The third kappa shape index (κ3) is 4.59. The summed E-state index contributed by atoms with van der Waals surface area (Å²) in [6.07, 6.45) is 1.80. The Hall–Kier alpha value is -1.30. The van der Waals surface area contributed by atoms with Gasteiger partial charge in [0.05, 0.1) is 18.8 Å². The lowest BCUT2D eigenvalue weighted by molar-refractivity contribution is 0.00669. The number of ether oxygens (including phenoxy) is 2. The molecule has 1 saturated heterocycles. The van der Waals surface area contributed by atoms with Crippen LogP contribution in [0.25, 0.3) is 0 Å². The van der Waals surface area contributed by atoms with E-state index in [4.69, 9.17) is 9.47 Å². The minimum atomic E-state index is -0.697. The molecule has 1 heterocycles. The lowest BCUT2D eigenvalue weighted by Gasteiger charge is -2.14. The summed E-state index contributed by atoms with van der Waals surface area (Å²) in [5.74, 6) is -0.396. The van der Waals surface area contributed by atoms with Crippen LogP contribution >= 0.6 is 11.8 Å². The Bertz CT molecular complexity index is 486. The first-order valence-corrected chi connectivity index (χ1v) is 7.84. The van der Waals surface area contributed by atoms with Crippen LogP contribution in [0, 0.1) is 6.92 Å². The van der Waals surface area contributed by atoms with Crippen molar-refractivity contribution >= 4 is 17.7 Å². The van der Waals surface area contributed by atoms with Crippen LogP contribution in [0.4, 0.5) is 0 Å². The van der Waals surface area contributed by atoms with Crippen molar-refractivity contribution in [1.82, 2.24) is 0 Å². The monoisotopic (exact) mass is 308 g/mol. The fourth-order valence-electron chi connectivity index (χ4n) is 2.11. The number of aliphatic hydroxyl groups excluding tert-OH is 1. The molecule has 0 radical (unpaired) electrons. The molecule has 0 aliphatic carbocycles. The maximum absolute atomic E-state index is 12.0. The molecule has 1 aliphatic heterocycles. The molecule has 0 aromatic heterocycles. The number of esters is 1. The number of rotatable bonds is 6. The van der Waals surface area contributed by atoms with E-state index in [1.165, 1.54) is 11.8 Å². The number of thioether (sulfide) groups is 1. The number of hydrogen-bond donors (Lipinski definition) is 1. The highest BCUT2D eigenvalue weighted by atomic mass is 32.2. The lowest BCUT2D eigenvalue weighted by atomic mass is 10.1. The summed E-state index contributed by atoms with van der Waals surface area (Å²) in [6, 6.07) is 7.19. The SMILES string of the molecule is C=CCOC[C@@H]1C[C@H](OC(=O)c2ccc(C)cc2)C(O)S1. The van der Waals surface area contributed by atoms with Crippen LogP contribution in [-0.4, -0.2) is 41.1 Å². The molecule has 1 fully saturated rings. The van der Waals surface area contributed by atoms with Gasteiger partial charge in [0.1, 0.15) is 11.5 Å². The van der Waals surface area contributed by atoms with Crippen LogP contribution < -0.4 is 0 Å². The fourth-order valence-corrected chi connectivity index (χ4v) is 3.32. The van der Waals surface area contributed by atoms with E-state index in [9.17, 15) is 9.90 Å². The molecule has 0 bridgehead atoms. The van der Waals surface area contributed by atoms with Gasteiger partial charge in [-0.1, -0.05) is 23.8 Å². The zero-order chi connectivity index (χ0) is 15.2. The summed E-state index contributed by atoms with van der Waals surface area (Å²) in [5.41, 5.74) is 0.892. The highest BCUT2D eigenvalue weighted by Crippen LogP contribution is 2.34. The number of aliphatic hydroxyl groups is 1. The number of carbonyl (C=O) groups is 1. The highest BCUT2D eigenvalue weighted by molar-refractivity contribution is 8.00. The second-order valence-corrected chi connectivity index (χ2v) is 6.44. The van der Waals surface area contributed by atoms with Gasteiger partial charge in [-0.3, -0.25) is 0 Å². The van der Waals surface area contributed by atoms with Crippen molar-refractivity contribution in [3.05, 3.63) is 48.0 Å². The van der Waals surface area contributed by atoms with Crippen molar-refractivity contribution < 1.29 is 19.4 Å². The minimum Gasteiger partial charge on any atom is -0.455 e. The van der Waals surface area contributed by atoms with E-state index in [1.54, 1.807) is 18.2 Å². The first-order valence-electron chi connectivity index (χ1n) is 6.90. The Labute approximate surface area is 129 Å². The predicted molar refractivity (Wildman–Crippen MR) is 83.4 cm³/mol. The van der Waals surface area contributed by atoms with Gasteiger partial charge in [0.25, 0.3) is 0 Å². The predicted octanol–water partition coefficient (Wildman–Crippen LogP) is 2.55. The van der Waals surface area contributed by atoms with Gasteiger partial charge in [0.15, 0.2) is 0 Å². The van der Waals surface area contributed by atoms with Crippen LogP contribution in [-0.2, 0) is 9.47 Å². The van der Waals surface area contributed by atoms with Crippen molar-refractivity contribution in [3.63, 3.8) is 0 Å². The molecule has 1 unspecified atom stereocenters. The Morgan fingerprint density at radius 1 is 1.48 bits per heavy atom. The van der Waals surface area contributed by atoms with Crippen LogP contribution in [0.15, 0.2) is 36.9 Å². The molecule has 3 atom stereocenters. The maximum atomic E-state index is 12.0. The van der Waals surface area contributed by atoms with Gasteiger partial charge >= 0.3 is 5.97 Å². The van der Waals surface area contributed by atoms with E-state index in [0.717, 1.165) is 5.56 Å². The van der Waals surface area contributed by atoms with E-state index in [2.05, 4.69) is 6.58 Å². The Morgan fingerprint density at radius 3 is 2.86 bits per heavy atom. The van der Waals surface area contributed by atoms with Crippen LogP contribution in [0.1, 0.15) is 22.3 Å². The zero-order valence-electron chi connectivity index (χ0n) is 12.0. The molecule has 1 aromatic carbocycles. The quantitative estimate of drug-likeness (QED) is 0.497. The van der Waals surface area contributed by atoms with Crippen molar-refractivity contribution in [2.75, 3.05) is 13.2 Å². The second kappa shape index (κ2) is 7.64. The van der Waals surface area contributed by atoms with Crippen LogP contribution in [0.5, 0.6) is 0 Å². The first kappa shape index (κ1) is 16.1. The van der Waals surface area contributed by atoms with Gasteiger partial charge in [-0.05, 0) is 19.1 Å². The Morgan fingerprint density at radius 2 is 2.19 bits per heavy atom. The minimum absolute atomic E-state index is 0.135. The number of hydrogen-bond acceptors (Lipinski definition) is 5. The molecule has 21 heavy (non-hydrogen) atoms. The van der Waals surface area contributed by atoms with E-state index in [1.807, 2.05) is 19.1 Å². The van der Waals surface area contributed by atoms with Crippen LogP contribution in [0.3, 0.4) is 0 Å². The Balaban J connectivity index is 1.86. The largest absolute Gasteiger partial charge is 0.455 e. The van der Waals surface area contributed by atoms with Gasteiger partial charge in [0.2, 0.25) is 0 Å². The molecule has 0 spiro atoms. The van der Waals surface area contributed by atoms with Gasteiger partial charge < -0.3 is 14.6 Å². The van der Waals surface area contributed by atoms with Crippen molar-refractivity contribution in [3.8, 4) is 0 Å². The number of carbonyl (C=O) groups excluding carboxylic acids is 1. The summed E-state index contributed by atoms with van der Waals surface area (Å²) in [4.78, 5) is 12.0. The summed E-state index contributed by atoms with van der Waals surface area (Å²) < 4.78 is 10.8. The number of benzene rings is 1. The third-order valence-corrected chi connectivity index (χ3v) is 4.53. The van der Waals surface area contributed by atoms with E-state index in [-0.39, 0.29) is 5.25 Å². The van der Waals surface area contributed by atoms with E-state index >= 15 is 0 Å². The summed E-state index contributed by atoms with van der Waals surface area (Å²) in [7, 11) is 0. The first-order chi connectivity index (χ1) is 10.1. The molecule has 0 amide bonds. The van der Waals surface area contributed by atoms with Crippen molar-refractivity contribution in [2.45, 2.75) is 30.1 Å². The molecule has 5 heteroatoms. The van der Waals surface area contributed by atoms with Gasteiger partial charge in [-0.25, -0.2) is 4.79 Å². The van der Waals surface area contributed by atoms with Gasteiger partial charge in [-0.2, -0.15) is 0 Å². The van der Waals surface area contributed by atoms with Gasteiger partial charge in [0, 0.05) is 11.7 Å².